The summed E-state index contributed by atoms with van der Waals surface area (Å²) in [5.74, 6) is 0.0862. The number of carbonyl (C=O) groups excluding carboxylic acids is 1. The molecule has 0 saturated carbocycles. The van der Waals surface area contributed by atoms with Gasteiger partial charge < -0.3 is 10.2 Å². The summed E-state index contributed by atoms with van der Waals surface area (Å²) >= 11 is 1.61. The summed E-state index contributed by atoms with van der Waals surface area (Å²) in [6.07, 6.45) is 3.97. The van der Waals surface area contributed by atoms with Crippen LogP contribution in [0.4, 0.5) is 5.69 Å². The van der Waals surface area contributed by atoms with Gasteiger partial charge in [-0.2, -0.15) is 5.10 Å². The van der Waals surface area contributed by atoms with Crippen molar-refractivity contribution in [2.75, 3.05) is 18.0 Å². The molecule has 1 fully saturated rings. The largest absolute Gasteiger partial charge is 0.370 e. The molecule has 1 amide bonds. The number of hydrogen-bond donors (Lipinski definition) is 1. The number of nitrogens with zero attached hydrogens (tertiary/aromatic N) is 3. The van der Waals surface area contributed by atoms with E-state index < -0.39 is 0 Å². The van der Waals surface area contributed by atoms with Gasteiger partial charge in [-0.3, -0.25) is 9.59 Å². The number of aromatic nitrogens is 2. The number of amides is 1. The van der Waals surface area contributed by atoms with Crippen LogP contribution in [-0.2, 0) is 17.8 Å². The van der Waals surface area contributed by atoms with Crippen LogP contribution in [0.3, 0.4) is 0 Å². The SMILES string of the molecule is CCn1ncc(N2CCC(NC(=O)Cc3cccs3)CC2)cc1=O. The standard InChI is InChI=1S/C17H22N4O2S/c1-2-21-17(23)10-14(12-18-21)20-7-5-13(6-8-20)19-16(22)11-15-4-3-9-24-15/h3-4,9-10,12-13H,2,5-8,11H2,1H3,(H,19,22). The van der Waals surface area contributed by atoms with Crippen molar-refractivity contribution in [3.63, 3.8) is 0 Å². The van der Waals surface area contributed by atoms with E-state index in [1.165, 1.54) is 4.68 Å². The van der Waals surface area contributed by atoms with Gasteiger partial charge in [-0.15, -0.1) is 11.3 Å². The van der Waals surface area contributed by atoms with E-state index in [0.717, 1.165) is 36.5 Å². The molecule has 128 valence electrons. The minimum Gasteiger partial charge on any atom is -0.370 e. The molecular weight excluding hydrogens is 324 g/mol. The van der Waals surface area contributed by atoms with Gasteiger partial charge in [0, 0.05) is 36.6 Å². The fourth-order valence-corrected chi connectivity index (χ4v) is 3.67. The van der Waals surface area contributed by atoms with E-state index in [2.05, 4.69) is 15.3 Å². The van der Waals surface area contributed by atoms with Crippen molar-refractivity contribution in [1.29, 1.82) is 0 Å². The van der Waals surface area contributed by atoms with Crippen molar-refractivity contribution in [2.24, 2.45) is 0 Å². The van der Waals surface area contributed by atoms with Crippen molar-refractivity contribution in [2.45, 2.75) is 38.8 Å². The Morgan fingerprint density at radius 2 is 2.21 bits per heavy atom. The van der Waals surface area contributed by atoms with Crippen LogP contribution in [0.1, 0.15) is 24.6 Å². The Kier molecular flexibility index (Phi) is 5.30. The molecule has 0 aliphatic carbocycles. The average molecular weight is 346 g/mol. The normalized spacial score (nSPS) is 15.5. The Morgan fingerprint density at radius 3 is 2.83 bits per heavy atom. The molecule has 2 aromatic rings. The number of thiophene rings is 1. The maximum atomic E-state index is 12.1. The second-order valence-corrected chi connectivity index (χ2v) is 6.98. The van der Waals surface area contributed by atoms with E-state index in [-0.39, 0.29) is 17.5 Å². The fourth-order valence-electron chi connectivity index (χ4n) is 2.97. The van der Waals surface area contributed by atoms with Gasteiger partial charge in [-0.25, -0.2) is 4.68 Å². The van der Waals surface area contributed by atoms with Gasteiger partial charge in [-0.1, -0.05) is 6.07 Å². The monoisotopic (exact) mass is 346 g/mol. The number of hydrogen-bond acceptors (Lipinski definition) is 5. The van der Waals surface area contributed by atoms with E-state index >= 15 is 0 Å². The molecule has 2 aromatic heterocycles. The molecule has 0 atom stereocenters. The minimum absolute atomic E-state index is 0.0682. The summed E-state index contributed by atoms with van der Waals surface area (Å²) in [7, 11) is 0. The molecule has 3 rings (SSSR count). The molecule has 24 heavy (non-hydrogen) atoms. The maximum Gasteiger partial charge on any atom is 0.268 e. The third-order valence-electron chi connectivity index (χ3n) is 4.29. The maximum absolute atomic E-state index is 12.1. The number of nitrogens with one attached hydrogen (secondary N) is 1. The lowest BCUT2D eigenvalue weighted by Crippen LogP contribution is -2.45. The highest BCUT2D eigenvalue weighted by Gasteiger charge is 2.21. The highest BCUT2D eigenvalue weighted by Crippen LogP contribution is 2.18. The van der Waals surface area contributed by atoms with E-state index in [0.29, 0.717) is 13.0 Å². The zero-order valence-corrected chi connectivity index (χ0v) is 14.6. The van der Waals surface area contributed by atoms with Crippen LogP contribution in [0, 0.1) is 0 Å². The van der Waals surface area contributed by atoms with Gasteiger partial charge in [0.15, 0.2) is 0 Å². The van der Waals surface area contributed by atoms with Crippen molar-refractivity contribution in [1.82, 2.24) is 15.1 Å². The van der Waals surface area contributed by atoms with E-state index in [1.54, 1.807) is 23.6 Å². The van der Waals surface area contributed by atoms with E-state index in [9.17, 15) is 9.59 Å². The van der Waals surface area contributed by atoms with Gasteiger partial charge in [0.25, 0.3) is 5.56 Å². The molecular formula is C17H22N4O2S. The Bertz CT molecular complexity index is 733. The topological polar surface area (TPSA) is 67.2 Å². The van der Waals surface area contributed by atoms with Crippen molar-refractivity contribution in [3.8, 4) is 0 Å². The number of aryl methyl sites for hydroxylation is 1. The first kappa shape index (κ1) is 16.7. The molecule has 0 radical (unpaired) electrons. The van der Waals surface area contributed by atoms with Gasteiger partial charge in [0.05, 0.1) is 18.3 Å². The summed E-state index contributed by atoms with van der Waals surface area (Å²) in [6, 6.07) is 5.80. The van der Waals surface area contributed by atoms with Crippen molar-refractivity contribution < 1.29 is 4.79 Å². The third kappa shape index (κ3) is 4.03. The molecule has 1 aliphatic rings. The van der Waals surface area contributed by atoms with Crippen LogP contribution in [0.15, 0.2) is 34.6 Å². The first-order chi connectivity index (χ1) is 11.7. The first-order valence-electron chi connectivity index (χ1n) is 8.29. The van der Waals surface area contributed by atoms with Gasteiger partial charge in [0.2, 0.25) is 5.91 Å². The molecule has 0 unspecified atom stereocenters. The molecule has 3 heterocycles. The Hall–Kier alpha value is -2.15. The highest BCUT2D eigenvalue weighted by molar-refractivity contribution is 7.10. The summed E-state index contributed by atoms with van der Waals surface area (Å²) in [6.45, 7) is 4.12. The van der Waals surface area contributed by atoms with E-state index in [1.807, 2.05) is 24.4 Å². The Morgan fingerprint density at radius 1 is 1.42 bits per heavy atom. The van der Waals surface area contributed by atoms with Crippen molar-refractivity contribution >= 4 is 22.9 Å². The smallest absolute Gasteiger partial charge is 0.268 e. The Balaban J connectivity index is 1.51. The summed E-state index contributed by atoms with van der Waals surface area (Å²) < 4.78 is 1.45. The average Bonchev–Trinajstić information content (AvgIpc) is 3.08. The molecule has 0 aromatic carbocycles. The number of anilines is 1. The quantitative estimate of drug-likeness (QED) is 0.894. The van der Waals surface area contributed by atoms with Crippen LogP contribution < -0.4 is 15.8 Å². The summed E-state index contributed by atoms with van der Waals surface area (Å²) in [4.78, 5) is 27.2. The predicted octanol–water partition coefficient (Wildman–Crippen LogP) is 1.65. The third-order valence-corrected chi connectivity index (χ3v) is 5.17. The lowest BCUT2D eigenvalue weighted by atomic mass is 10.0. The zero-order chi connectivity index (χ0) is 16.9. The van der Waals surface area contributed by atoms with Crippen LogP contribution in [0.5, 0.6) is 0 Å². The number of rotatable bonds is 5. The van der Waals surface area contributed by atoms with Crippen LogP contribution in [-0.4, -0.2) is 34.8 Å². The second-order valence-electron chi connectivity index (χ2n) is 5.95. The summed E-state index contributed by atoms with van der Waals surface area (Å²) in [5.41, 5.74) is 0.800. The van der Waals surface area contributed by atoms with Crippen LogP contribution in [0.2, 0.25) is 0 Å². The molecule has 6 nitrogen and oxygen atoms in total. The molecule has 1 N–H and O–H groups in total. The highest BCUT2D eigenvalue weighted by atomic mass is 32.1. The lowest BCUT2D eigenvalue weighted by Gasteiger charge is -2.33. The number of carbonyl (C=O) groups is 1. The van der Waals surface area contributed by atoms with Crippen molar-refractivity contribution in [3.05, 3.63) is 45.0 Å². The minimum atomic E-state index is -0.0682. The number of piperidine rings is 1. The molecule has 1 saturated heterocycles. The molecule has 1 aliphatic heterocycles. The van der Waals surface area contributed by atoms with Gasteiger partial charge in [-0.05, 0) is 31.2 Å². The van der Waals surface area contributed by atoms with Crippen LogP contribution >= 0.6 is 11.3 Å². The zero-order valence-electron chi connectivity index (χ0n) is 13.8. The van der Waals surface area contributed by atoms with Crippen LogP contribution in [0.25, 0.3) is 0 Å². The predicted molar refractivity (Wildman–Crippen MR) is 95.6 cm³/mol. The fraction of sp³-hybridized carbons (Fsp3) is 0.471. The summed E-state index contributed by atoms with van der Waals surface area (Å²) in [5, 5.41) is 9.28. The molecule has 0 bridgehead atoms. The first-order valence-corrected chi connectivity index (χ1v) is 9.17. The molecule has 7 heteroatoms. The Labute approximate surface area is 145 Å². The van der Waals surface area contributed by atoms with Gasteiger partial charge in [0.1, 0.15) is 0 Å². The van der Waals surface area contributed by atoms with E-state index in [4.69, 9.17) is 0 Å². The second kappa shape index (κ2) is 7.61. The lowest BCUT2D eigenvalue weighted by molar-refractivity contribution is -0.121. The van der Waals surface area contributed by atoms with Gasteiger partial charge >= 0.3 is 0 Å². The molecule has 0 spiro atoms.